The summed E-state index contributed by atoms with van der Waals surface area (Å²) in [4.78, 5) is 12.6. The highest BCUT2D eigenvalue weighted by Crippen LogP contribution is 2.66. The number of hydrogen-bond acceptors (Lipinski definition) is 11. The van der Waals surface area contributed by atoms with Gasteiger partial charge in [-0.1, -0.05) is 19.9 Å². The van der Waals surface area contributed by atoms with E-state index in [9.17, 15) is 35.4 Å². The van der Waals surface area contributed by atoms with Gasteiger partial charge in [0.1, 0.15) is 36.6 Å². The van der Waals surface area contributed by atoms with Crippen molar-refractivity contribution in [2.24, 2.45) is 34.5 Å². The molecule has 2 heterocycles. The van der Waals surface area contributed by atoms with Gasteiger partial charge in [0, 0.05) is 0 Å². The van der Waals surface area contributed by atoms with E-state index in [1.807, 2.05) is 0 Å². The standard InChI is InChI=1S/C32H50O11/c1-14(33)18-5-6-19-17-12-23(21-11-16(34)7-9-32(21,4)20(17)8-10-31(18,19)3)42-30-27(39)28(24(36)15(2)41-30)43-29-26(38)25(37)22(35)13-40-29/h5,15-17,19-30,34-39H,6-13H2,1-4H3/t15-,16+,17+,19+,20+,21-,22-,23+,24-,25+,26-,27-,28+,29+,30+,31-,32-/m1/s1. The van der Waals surface area contributed by atoms with Crippen LogP contribution in [0, 0.1) is 34.5 Å². The smallest absolute Gasteiger partial charge is 0.186 e. The van der Waals surface area contributed by atoms with Gasteiger partial charge in [0.25, 0.3) is 0 Å². The van der Waals surface area contributed by atoms with Gasteiger partial charge in [0.05, 0.1) is 24.9 Å². The fourth-order valence-electron chi connectivity index (χ4n) is 10.0. The van der Waals surface area contributed by atoms with E-state index in [2.05, 4.69) is 19.9 Å². The summed E-state index contributed by atoms with van der Waals surface area (Å²) in [5.41, 5.74) is 0.676. The number of carbonyl (C=O) groups is 1. The third kappa shape index (κ3) is 5.25. The zero-order valence-corrected chi connectivity index (χ0v) is 25.6. The van der Waals surface area contributed by atoms with Crippen LogP contribution < -0.4 is 0 Å². The summed E-state index contributed by atoms with van der Waals surface area (Å²) in [6.07, 6.45) is -4.57. The van der Waals surface area contributed by atoms with E-state index in [-0.39, 0.29) is 35.2 Å². The fraction of sp³-hybridized carbons (Fsp3) is 0.906. The third-order valence-corrected chi connectivity index (χ3v) is 12.4. The lowest BCUT2D eigenvalue weighted by atomic mass is 9.44. The van der Waals surface area contributed by atoms with Gasteiger partial charge in [-0.05, 0) is 98.9 Å². The van der Waals surface area contributed by atoms with Crippen molar-refractivity contribution < 1.29 is 54.4 Å². The first-order valence-electron chi connectivity index (χ1n) is 16.1. The van der Waals surface area contributed by atoms with Gasteiger partial charge in [0.2, 0.25) is 0 Å². The predicted molar refractivity (Wildman–Crippen MR) is 151 cm³/mol. The molecule has 0 unspecified atom stereocenters. The van der Waals surface area contributed by atoms with Crippen molar-refractivity contribution in [3.63, 3.8) is 0 Å². The van der Waals surface area contributed by atoms with Gasteiger partial charge < -0.3 is 49.6 Å². The van der Waals surface area contributed by atoms with E-state index in [0.717, 1.165) is 37.7 Å². The lowest BCUT2D eigenvalue weighted by Gasteiger charge is -2.62. The van der Waals surface area contributed by atoms with Crippen LogP contribution in [0.2, 0.25) is 0 Å². The van der Waals surface area contributed by atoms with Crippen LogP contribution in [0.4, 0.5) is 0 Å². The first-order valence-corrected chi connectivity index (χ1v) is 16.1. The first kappa shape index (κ1) is 32.0. The summed E-state index contributed by atoms with van der Waals surface area (Å²) >= 11 is 0. The molecule has 0 amide bonds. The Morgan fingerprint density at radius 3 is 2.35 bits per heavy atom. The number of aliphatic hydroxyl groups is 6. The van der Waals surface area contributed by atoms with Gasteiger partial charge in [-0.2, -0.15) is 0 Å². The number of Topliss-reactive ketones (excluding diaryl/α,β-unsaturated/α-hetero) is 1. The second kappa shape index (κ2) is 11.7. The van der Waals surface area contributed by atoms with E-state index >= 15 is 0 Å². The highest BCUT2D eigenvalue weighted by atomic mass is 16.7. The monoisotopic (exact) mass is 610 g/mol. The highest BCUT2D eigenvalue weighted by molar-refractivity contribution is 5.95. The van der Waals surface area contributed by atoms with Crippen LogP contribution in [-0.4, -0.2) is 111 Å². The van der Waals surface area contributed by atoms with Crippen LogP contribution in [0.3, 0.4) is 0 Å². The summed E-state index contributed by atoms with van der Waals surface area (Å²) in [5.74, 6) is 1.21. The minimum Gasteiger partial charge on any atom is -0.393 e. The third-order valence-electron chi connectivity index (χ3n) is 12.4. The molecule has 5 fully saturated rings. The molecule has 43 heavy (non-hydrogen) atoms. The van der Waals surface area contributed by atoms with E-state index in [1.165, 1.54) is 0 Å². The van der Waals surface area contributed by atoms with Gasteiger partial charge in [0.15, 0.2) is 18.4 Å². The summed E-state index contributed by atoms with van der Waals surface area (Å²) in [7, 11) is 0. The molecular formula is C32H50O11. The molecule has 6 aliphatic rings. The lowest BCUT2D eigenvalue weighted by molar-refractivity contribution is -0.356. The molecule has 0 aromatic heterocycles. The van der Waals surface area contributed by atoms with Crippen LogP contribution in [-0.2, 0) is 23.7 Å². The van der Waals surface area contributed by atoms with E-state index in [1.54, 1.807) is 13.8 Å². The second-order valence-electron chi connectivity index (χ2n) is 14.7. The molecule has 2 aliphatic heterocycles. The number of fused-ring (bicyclic) bond motifs is 5. The maximum atomic E-state index is 12.6. The molecule has 6 rings (SSSR count). The molecule has 0 spiro atoms. The number of rotatable bonds is 5. The van der Waals surface area contributed by atoms with Crippen molar-refractivity contribution in [1.82, 2.24) is 0 Å². The molecular weight excluding hydrogens is 560 g/mol. The molecule has 17 atom stereocenters. The Hall–Kier alpha value is -0.990. The van der Waals surface area contributed by atoms with Crippen molar-refractivity contribution in [2.45, 2.75) is 140 Å². The normalized spacial score (nSPS) is 55.1. The van der Waals surface area contributed by atoms with Crippen LogP contribution in [0.15, 0.2) is 11.6 Å². The number of hydrogen-bond donors (Lipinski definition) is 6. The van der Waals surface area contributed by atoms with Crippen LogP contribution in [0.25, 0.3) is 0 Å². The van der Waals surface area contributed by atoms with Crippen molar-refractivity contribution in [2.75, 3.05) is 6.61 Å². The summed E-state index contributed by atoms with van der Waals surface area (Å²) in [5, 5.41) is 63.4. The van der Waals surface area contributed by atoms with Crippen molar-refractivity contribution in [3.05, 3.63) is 11.6 Å². The van der Waals surface area contributed by atoms with Crippen molar-refractivity contribution in [3.8, 4) is 0 Å². The molecule has 0 bridgehead atoms. The number of ketones is 1. The first-order chi connectivity index (χ1) is 20.3. The van der Waals surface area contributed by atoms with Gasteiger partial charge in [-0.25, -0.2) is 0 Å². The van der Waals surface area contributed by atoms with Crippen molar-refractivity contribution >= 4 is 5.78 Å². The summed E-state index contributed by atoms with van der Waals surface area (Å²) < 4.78 is 23.9. The largest absolute Gasteiger partial charge is 0.393 e. The zero-order valence-electron chi connectivity index (χ0n) is 25.6. The average molecular weight is 611 g/mol. The minimum absolute atomic E-state index is 0.0287. The topological polar surface area (TPSA) is 175 Å². The molecule has 11 nitrogen and oxygen atoms in total. The number of carbonyl (C=O) groups excluding carboxylic acids is 1. The molecule has 6 N–H and O–H groups in total. The maximum Gasteiger partial charge on any atom is 0.186 e. The molecule has 244 valence electrons. The molecule has 0 aromatic carbocycles. The quantitative estimate of drug-likeness (QED) is 0.243. The number of ether oxygens (including phenoxy) is 4. The van der Waals surface area contributed by atoms with Gasteiger partial charge in [-0.15, -0.1) is 0 Å². The highest BCUT2D eigenvalue weighted by Gasteiger charge is 2.62. The molecule has 11 heteroatoms. The Labute approximate surface area is 253 Å². The van der Waals surface area contributed by atoms with E-state index in [4.69, 9.17) is 18.9 Å². The summed E-state index contributed by atoms with van der Waals surface area (Å²) in [6, 6.07) is 0. The lowest BCUT2D eigenvalue weighted by Crippen LogP contribution is -2.64. The minimum atomic E-state index is -1.58. The zero-order chi connectivity index (χ0) is 31.0. The average Bonchev–Trinajstić information content (AvgIpc) is 3.32. The molecule has 3 saturated carbocycles. The van der Waals surface area contributed by atoms with Crippen LogP contribution >= 0.6 is 0 Å². The maximum absolute atomic E-state index is 12.6. The Kier molecular flexibility index (Phi) is 8.68. The van der Waals surface area contributed by atoms with Gasteiger partial charge in [-0.3, -0.25) is 4.79 Å². The molecule has 0 aromatic rings. The second-order valence-corrected chi connectivity index (χ2v) is 14.7. The predicted octanol–water partition coefficient (Wildman–Crippen LogP) is 0.801. The van der Waals surface area contributed by atoms with E-state index in [0.29, 0.717) is 30.6 Å². The Bertz CT molecular complexity index is 1080. The van der Waals surface area contributed by atoms with E-state index < -0.39 is 61.4 Å². The SMILES string of the molecule is CC(=O)C1=CC[C@H]2[C@@H]3C[C@H](O[C@@H]4O[C@H](C)[C@@H](O)[C@H](O[C@@H]5OC[C@@H](O)[C@H](O)[C@H]5O)[C@H]4O)[C@H]4C[C@@H](O)CC[C@]4(C)[C@H]3CC[C@]12C. The van der Waals surface area contributed by atoms with Crippen LogP contribution in [0.5, 0.6) is 0 Å². The molecule has 0 radical (unpaired) electrons. The fourth-order valence-corrected chi connectivity index (χ4v) is 10.0. The van der Waals surface area contributed by atoms with Crippen molar-refractivity contribution in [1.29, 1.82) is 0 Å². The Balaban J connectivity index is 1.24. The molecule has 4 aliphatic carbocycles. The van der Waals surface area contributed by atoms with Gasteiger partial charge >= 0.3 is 0 Å². The number of aliphatic hydroxyl groups excluding tert-OH is 6. The Morgan fingerprint density at radius 1 is 0.884 bits per heavy atom. The van der Waals surface area contributed by atoms with Crippen LogP contribution in [0.1, 0.15) is 72.6 Å². The summed E-state index contributed by atoms with van der Waals surface area (Å²) in [6.45, 7) is 7.59. The Morgan fingerprint density at radius 2 is 1.63 bits per heavy atom. The number of allylic oxidation sites excluding steroid dienone is 2. The molecule has 2 saturated heterocycles.